The average Bonchev–Trinajstić information content (AvgIpc) is 2.71. The highest BCUT2D eigenvalue weighted by molar-refractivity contribution is 5.31. The Morgan fingerprint density at radius 2 is 1.54 bits per heavy atom. The highest BCUT2D eigenvalue weighted by Gasteiger charge is 2.14. The van der Waals surface area contributed by atoms with E-state index in [4.69, 9.17) is 9.47 Å². The van der Waals surface area contributed by atoms with E-state index in [9.17, 15) is 5.11 Å². The topological polar surface area (TPSA) is 50.7 Å². The van der Waals surface area contributed by atoms with Gasteiger partial charge >= 0.3 is 0 Å². The van der Waals surface area contributed by atoms with Gasteiger partial charge in [0.25, 0.3) is 0 Å². The van der Waals surface area contributed by atoms with Crippen molar-refractivity contribution < 1.29 is 14.6 Å². The van der Waals surface area contributed by atoms with E-state index in [-0.39, 0.29) is 0 Å². The van der Waals surface area contributed by atoms with E-state index < -0.39 is 6.10 Å². The van der Waals surface area contributed by atoms with Crippen LogP contribution in [0.15, 0.2) is 54.6 Å². The monoisotopic (exact) mass is 355 g/mol. The molecule has 140 valence electrons. The summed E-state index contributed by atoms with van der Waals surface area (Å²) in [7, 11) is 0. The fraction of sp³-hybridized carbons (Fsp3) is 0.455. The Kier molecular flexibility index (Phi) is 7.35. The van der Waals surface area contributed by atoms with Crippen LogP contribution in [0.4, 0.5) is 0 Å². The van der Waals surface area contributed by atoms with Crippen molar-refractivity contribution in [2.24, 2.45) is 0 Å². The molecule has 0 aromatic heterocycles. The maximum absolute atomic E-state index is 10.1. The Morgan fingerprint density at radius 1 is 0.885 bits per heavy atom. The summed E-state index contributed by atoms with van der Waals surface area (Å²) >= 11 is 0. The molecule has 1 aliphatic rings. The maximum atomic E-state index is 10.1. The number of aliphatic hydroxyl groups excluding tert-OH is 1. The van der Waals surface area contributed by atoms with Crippen LogP contribution in [0.2, 0.25) is 0 Å². The summed E-state index contributed by atoms with van der Waals surface area (Å²) in [5.41, 5.74) is 1.14. The minimum Gasteiger partial charge on any atom is -0.491 e. The van der Waals surface area contributed by atoms with Crippen LogP contribution in [0.25, 0.3) is 0 Å². The highest BCUT2D eigenvalue weighted by Crippen LogP contribution is 2.19. The van der Waals surface area contributed by atoms with Crippen molar-refractivity contribution in [3.05, 3.63) is 60.2 Å². The minimum atomic E-state index is -0.495. The Labute approximate surface area is 156 Å². The third kappa shape index (κ3) is 6.36. The Hall–Kier alpha value is -2.04. The van der Waals surface area contributed by atoms with Crippen molar-refractivity contribution in [1.29, 1.82) is 0 Å². The number of nitrogens with one attached hydrogen (secondary N) is 1. The molecule has 1 fully saturated rings. The smallest absolute Gasteiger partial charge is 0.120 e. The van der Waals surface area contributed by atoms with Crippen molar-refractivity contribution in [3.63, 3.8) is 0 Å². The zero-order valence-corrected chi connectivity index (χ0v) is 15.3. The lowest BCUT2D eigenvalue weighted by molar-refractivity contribution is 0.102. The van der Waals surface area contributed by atoms with Crippen LogP contribution in [-0.2, 0) is 6.61 Å². The lowest BCUT2D eigenvalue weighted by Crippen LogP contribution is -2.38. The number of aliphatic hydroxyl groups is 1. The summed E-state index contributed by atoms with van der Waals surface area (Å²) < 4.78 is 11.4. The Morgan fingerprint density at radius 3 is 2.23 bits per heavy atom. The maximum Gasteiger partial charge on any atom is 0.120 e. The van der Waals surface area contributed by atoms with Crippen molar-refractivity contribution in [2.75, 3.05) is 13.2 Å². The first kappa shape index (κ1) is 18.7. The molecular formula is C22H29NO3. The van der Waals surface area contributed by atoms with Crippen LogP contribution in [0.5, 0.6) is 11.5 Å². The number of rotatable bonds is 9. The van der Waals surface area contributed by atoms with Crippen molar-refractivity contribution in [1.82, 2.24) is 5.32 Å². The quantitative estimate of drug-likeness (QED) is 0.716. The van der Waals surface area contributed by atoms with Gasteiger partial charge in [0.1, 0.15) is 30.8 Å². The molecule has 0 heterocycles. The molecule has 1 aliphatic carbocycles. The van der Waals surface area contributed by atoms with Gasteiger partial charge in [-0.15, -0.1) is 0 Å². The zero-order valence-electron chi connectivity index (χ0n) is 15.3. The van der Waals surface area contributed by atoms with Crippen molar-refractivity contribution in [3.8, 4) is 11.5 Å². The van der Waals surface area contributed by atoms with Gasteiger partial charge < -0.3 is 19.9 Å². The lowest BCUT2D eigenvalue weighted by Gasteiger charge is -2.24. The molecule has 0 unspecified atom stereocenters. The molecule has 3 rings (SSSR count). The van der Waals surface area contributed by atoms with Crippen LogP contribution < -0.4 is 14.8 Å². The molecule has 1 saturated carbocycles. The fourth-order valence-electron chi connectivity index (χ4n) is 3.23. The molecule has 0 spiro atoms. The molecule has 4 heteroatoms. The van der Waals surface area contributed by atoms with E-state index in [1.54, 1.807) is 0 Å². The normalized spacial score (nSPS) is 16.2. The third-order valence-electron chi connectivity index (χ3n) is 4.76. The SMILES string of the molecule is O[C@H](CNC1CCCCC1)COc1ccc(OCc2ccccc2)cc1. The number of hydrogen-bond acceptors (Lipinski definition) is 4. The molecule has 0 bridgehead atoms. The van der Waals surface area contributed by atoms with E-state index in [0.717, 1.165) is 17.1 Å². The summed E-state index contributed by atoms with van der Waals surface area (Å²) in [5.74, 6) is 1.55. The second-order valence-corrected chi connectivity index (χ2v) is 6.95. The van der Waals surface area contributed by atoms with Crippen LogP contribution >= 0.6 is 0 Å². The van der Waals surface area contributed by atoms with E-state index in [1.165, 1.54) is 32.1 Å². The molecule has 0 amide bonds. The van der Waals surface area contributed by atoms with Gasteiger partial charge in [0.2, 0.25) is 0 Å². The number of ether oxygens (including phenoxy) is 2. The predicted octanol–water partition coefficient (Wildman–Crippen LogP) is 3.93. The van der Waals surface area contributed by atoms with Crippen LogP contribution in [-0.4, -0.2) is 30.4 Å². The molecule has 2 N–H and O–H groups in total. The molecule has 2 aromatic rings. The van der Waals surface area contributed by atoms with Gasteiger partial charge in [0, 0.05) is 12.6 Å². The summed E-state index contributed by atoms with van der Waals surface area (Å²) in [4.78, 5) is 0. The summed E-state index contributed by atoms with van der Waals surface area (Å²) in [6, 6.07) is 18.2. The second-order valence-electron chi connectivity index (χ2n) is 6.95. The van der Waals surface area contributed by atoms with E-state index in [0.29, 0.717) is 25.8 Å². The number of benzene rings is 2. The summed E-state index contributed by atoms with van der Waals surface area (Å²) in [6.45, 7) is 1.43. The molecule has 0 radical (unpaired) electrons. The van der Waals surface area contributed by atoms with Crippen LogP contribution in [0, 0.1) is 0 Å². The Balaban J connectivity index is 1.35. The number of hydrogen-bond donors (Lipinski definition) is 2. The molecule has 0 saturated heterocycles. The largest absolute Gasteiger partial charge is 0.491 e. The minimum absolute atomic E-state index is 0.296. The van der Waals surface area contributed by atoms with E-state index >= 15 is 0 Å². The molecule has 4 nitrogen and oxygen atoms in total. The van der Waals surface area contributed by atoms with Gasteiger partial charge in [0.15, 0.2) is 0 Å². The molecule has 0 aliphatic heterocycles. The first-order chi connectivity index (χ1) is 12.8. The van der Waals surface area contributed by atoms with Gasteiger partial charge in [-0.3, -0.25) is 0 Å². The van der Waals surface area contributed by atoms with Crippen LogP contribution in [0.1, 0.15) is 37.7 Å². The first-order valence-electron chi connectivity index (χ1n) is 9.60. The zero-order chi connectivity index (χ0) is 18.0. The first-order valence-corrected chi connectivity index (χ1v) is 9.60. The van der Waals surface area contributed by atoms with Gasteiger partial charge in [-0.25, -0.2) is 0 Å². The van der Waals surface area contributed by atoms with Gasteiger partial charge in [0.05, 0.1) is 0 Å². The van der Waals surface area contributed by atoms with E-state index in [1.807, 2.05) is 54.6 Å². The molecule has 2 aromatic carbocycles. The summed E-state index contributed by atoms with van der Waals surface area (Å²) in [5, 5.41) is 13.5. The van der Waals surface area contributed by atoms with Crippen molar-refractivity contribution >= 4 is 0 Å². The fourth-order valence-corrected chi connectivity index (χ4v) is 3.23. The van der Waals surface area contributed by atoms with E-state index in [2.05, 4.69) is 5.32 Å². The van der Waals surface area contributed by atoms with Crippen molar-refractivity contribution in [2.45, 2.75) is 50.9 Å². The van der Waals surface area contributed by atoms with Gasteiger partial charge in [-0.1, -0.05) is 49.6 Å². The average molecular weight is 355 g/mol. The van der Waals surface area contributed by atoms with Crippen LogP contribution in [0.3, 0.4) is 0 Å². The summed E-state index contributed by atoms with van der Waals surface area (Å²) in [6.07, 6.45) is 5.88. The third-order valence-corrected chi connectivity index (χ3v) is 4.76. The predicted molar refractivity (Wildman–Crippen MR) is 104 cm³/mol. The molecular weight excluding hydrogens is 326 g/mol. The van der Waals surface area contributed by atoms with Gasteiger partial charge in [-0.2, -0.15) is 0 Å². The second kappa shape index (κ2) is 10.2. The standard InChI is InChI=1S/C22H29NO3/c24-20(15-23-19-9-5-2-6-10-19)17-26-22-13-11-21(12-14-22)25-16-18-7-3-1-4-8-18/h1,3-4,7-8,11-14,19-20,23-24H,2,5-6,9-10,15-17H2/t20-/m1/s1. The lowest BCUT2D eigenvalue weighted by atomic mass is 9.95. The molecule has 1 atom stereocenters. The highest BCUT2D eigenvalue weighted by atomic mass is 16.5. The Bertz CT molecular complexity index is 624. The molecule has 26 heavy (non-hydrogen) atoms. The van der Waals surface area contributed by atoms with Gasteiger partial charge in [-0.05, 0) is 42.7 Å².